The Labute approximate surface area is 158 Å². The van der Waals surface area contributed by atoms with Crippen molar-refractivity contribution in [2.75, 3.05) is 40.0 Å². The summed E-state index contributed by atoms with van der Waals surface area (Å²) in [5.74, 6) is 1.66. The minimum absolute atomic E-state index is 0.273. The highest BCUT2D eigenvalue weighted by Gasteiger charge is 2.06. The van der Waals surface area contributed by atoms with E-state index in [9.17, 15) is 0 Å². The van der Waals surface area contributed by atoms with E-state index < -0.39 is 0 Å². The summed E-state index contributed by atoms with van der Waals surface area (Å²) in [5, 5.41) is 6.64. The molecule has 0 unspecified atom stereocenters. The smallest absolute Gasteiger partial charge is 0.191 e. The van der Waals surface area contributed by atoms with Crippen molar-refractivity contribution >= 4 is 5.96 Å². The first-order valence-corrected chi connectivity index (χ1v) is 9.43. The van der Waals surface area contributed by atoms with Gasteiger partial charge in [-0.2, -0.15) is 0 Å². The van der Waals surface area contributed by atoms with Crippen LogP contribution in [0.1, 0.15) is 38.3 Å². The number of aryl methyl sites for hydroxylation is 1. The van der Waals surface area contributed by atoms with E-state index in [1.165, 1.54) is 5.56 Å². The predicted molar refractivity (Wildman–Crippen MR) is 107 cm³/mol. The summed E-state index contributed by atoms with van der Waals surface area (Å²) >= 11 is 0. The Bertz CT molecular complexity index is 533. The van der Waals surface area contributed by atoms with Crippen molar-refractivity contribution in [1.82, 2.24) is 10.6 Å². The molecule has 0 radical (unpaired) electrons. The van der Waals surface area contributed by atoms with Crippen LogP contribution in [0.4, 0.5) is 0 Å². The molecular formula is C20H35N3O3. The lowest BCUT2D eigenvalue weighted by atomic mass is 10.1. The number of benzene rings is 1. The van der Waals surface area contributed by atoms with Crippen molar-refractivity contribution in [3.63, 3.8) is 0 Å². The van der Waals surface area contributed by atoms with Crippen LogP contribution in [-0.2, 0) is 16.0 Å². The number of rotatable bonds is 12. The first-order chi connectivity index (χ1) is 12.6. The number of nitrogens with one attached hydrogen (secondary N) is 2. The normalized spacial score (nSPS) is 11.7. The monoisotopic (exact) mass is 365 g/mol. The lowest BCUT2D eigenvalue weighted by molar-refractivity contribution is 0.0776. The molecule has 1 aromatic rings. The molecule has 1 rings (SSSR count). The van der Waals surface area contributed by atoms with Gasteiger partial charge in [0.1, 0.15) is 12.4 Å². The molecule has 6 heteroatoms. The van der Waals surface area contributed by atoms with Crippen LogP contribution in [0.3, 0.4) is 0 Å². The Balaban J connectivity index is 2.45. The van der Waals surface area contributed by atoms with Gasteiger partial charge in [-0.15, -0.1) is 0 Å². The molecule has 0 atom stereocenters. The molecule has 0 saturated heterocycles. The van der Waals surface area contributed by atoms with Gasteiger partial charge < -0.3 is 24.8 Å². The third-order valence-corrected chi connectivity index (χ3v) is 3.65. The van der Waals surface area contributed by atoms with Gasteiger partial charge in [0.15, 0.2) is 5.96 Å². The summed E-state index contributed by atoms with van der Waals surface area (Å²) in [7, 11) is 1.77. The Morgan fingerprint density at radius 2 is 1.96 bits per heavy atom. The molecule has 0 aliphatic heterocycles. The average Bonchev–Trinajstić information content (AvgIpc) is 2.62. The van der Waals surface area contributed by atoms with E-state index in [4.69, 9.17) is 14.2 Å². The first-order valence-electron chi connectivity index (χ1n) is 9.43. The van der Waals surface area contributed by atoms with E-state index in [2.05, 4.69) is 40.7 Å². The summed E-state index contributed by atoms with van der Waals surface area (Å²) < 4.78 is 16.8. The van der Waals surface area contributed by atoms with Crippen molar-refractivity contribution in [2.45, 2.75) is 46.8 Å². The second-order valence-electron chi connectivity index (χ2n) is 6.28. The van der Waals surface area contributed by atoms with Crippen LogP contribution in [-0.4, -0.2) is 52.1 Å². The summed E-state index contributed by atoms with van der Waals surface area (Å²) in [5.41, 5.74) is 2.27. The largest absolute Gasteiger partial charge is 0.491 e. The maximum Gasteiger partial charge on any atom is 0.191 e. The van der Waals surface area contributed by atoms with Crippen LogP contribution in [0.25, 0.3) is 0 Å². The zero-order chi connectivity index (χ0) is 19.2. The third-order valence-electron chi connectivity index (χ3n) is 3.65. The van der Waals surface area contributed by atoms with Gasteiger partial charge >= 0.3 is 0 Å². The van der Waals surface area contributed by atoms with E-state index in [1.54, 1.807) is 7.05 Å². The average molecular weight is 366 g/mol. The van der Waals surface area contributed by atoms with E-state index in [0.717, 1.165) is 36.8 Å². The molecule has 0 aromatic heterocycles. The van der Waals surface area contributed by atoms with Crippen LogP contribution in [0.2, 0.25) is 0 Å². The van der Waals surface area contributed by atoms with Gasteiger partial charge in [0.25, 0.3) is 0 Å². The molecule has 148 valence electrons. The first kappa shape index (κ1) is 22.3. The molecule has 0 saturated carbocycles. The number of hydrogen-bond acceptors (Lipinski definition) is 4. The van der Waals surface area contributed by atoms with E-state index in [0.29, 0.717) is 26.4 Å². The molecule has 0 amide bonds. The fourth-order valence-electron chi connectivity index (χ4n) is 2.29. The molecule has 0 heterocycles. The zero-order valence-corrected chi connectivity index (χ0v) is 16.9. The molecule has 26 heavy (non-hydrogen) atoms. The van der Waals surface area contributed by atoms with Crippen molar-refractivity contribution in [3.05, 3.63) is 29.3 Å². The van der Waals surface area contributed by atoms with Gasteiger partial charge in [-0.3, -0.25) is 4.99 Å². The Kier molecular flexibility index (Phi) is 11.5. The van der Waals surface area contributed by atoms with Crippen molar-refractivity contribution in [3.8, 4) is 5.75 Å². The quantitative estimate of drug-likeness (QED) is 0.339. The molecule has 6 nitrogen and oxygen atoms in total. The lowest BCUT2D eigenvalue weighted by Crippen LogP contribution is -2.37. The summed E-state index contributed by atoms with van der Waals surface area (Å²) in [6.45, 7) is 12.2. The second kappa shape index (κ2) is 13.4. The highest BCUT2D eigenvalue weighted by Crippen LogP contribution is 2.20. The van der Waals surface area contributed by atoms with Crippen molar-refractivity contribution in [2.24, 2.45) is 4.99 Å². The molecule has 0 aliphatic carbocycles. The van der Waals surface area contributed by atoms with Gasteiger partial charge in [0.05, 0.1) is 12.7 Å². The van der Waals surface area contributed by atoms with Crippen LogP contribution in [0.15, 0.2) is 23.2 Å². The Morgan fingerprint density at radius 3 is 2.65 bits per heavy atom. The molecule has 2 N–H and O–H groups in total. The topological polar surface area (TPSA) is 64.1 Å². The number of nitrogens with zero attached hydrogens (tertiary/aromatic N) is 1. The van der Waals surface area contributed by atoms with Crippen molar-refractivity contribution in [1.29, 1.82) is 0 Å². The standard InChI is InChI=1S/C20H35N3O3/c1-6-24-12-13-26-19-14-17(4)8-9-18(19)15-23-20(21-5)22-10-7-11-25-16(2)3/h8-9,14,16H,6-7,10-13,15H2,1-5H3,(H2,21,22,23). The summed E-state index contributed by atoms with van der Waals surface area (Å²) in [6, 6.07) is 6.23. The summed E-state index contributed by atoms with van der Waals surface area (Å²) in [4.78, 5) is 4.26. The zero-order valence-electron chi connectivity index (χ0n) is 16.9. The second-order valence-corrected chi connectivity index (χ2v) is 6.28. The predicted octanol–water partition coefficient (Wildman–Crippen LogP) is 2.89. The van der Waals surface area contributed by atoms with E-state index >= 15 is 0 Å². The maximum absolute atomic E-state index is 5.88. The molecule has 0 fully saturated rings. The Morgan fingerprint density at radius 1 is 1.15 bits per heavy atom. The molecule has 0 spiro atoms. The number of aliphatic imine (C=N–C) groups is 1. The van der Waals surface area contributed by atoms with Gasteiger partial charge in [-0.05, 0) is 45.7 Å². The number of guanidine groups is 1. The molecule has 1 aromatic carbocycles. The third kappa shape index (κ3) is 9.63. The minimum Gasteiger partial charge on any atom is -0.491 e. The van der Waals surface area contributed by atoms with Gasteiger partial charge in [0, 0.05) is 38.9 Å². The maximum atomic E-state index is 5.88. The van der Waals surface area contributed by atoms with Gasteiger partial charge in [-0.1, -0.05) is 12.1 Å². The van der Waals surface area contributed by atoms with Crippen LogP contribution in [0.5, 0.6) is 5.75 Å². The number of hydrogen-bond donors (Lipinski definition) is 2. The highest BCUT2D eigenvalue weighted by molar-refractivity contribution is 5.79. The number of ether oxygens (including phenoxy) is 3. The van der Waals surface area contributed by atoms with Crippen molar-refractivity contribution < 1.29 is 14.2 Å². The van der Waals surface area contributed by atoms with Crippen LogP contribution < -0.4 is 15.4 Å². The fraction of sp³-hybridized carbons (Fsp3) is 0.650. The lowest BCUT2D eigenvalue weighted by Gasteiger charge is -2.16. The van der Waals surface area contributed by atoms with E-state index in [-0.39, 0.29) is 6.10 Å². The SMILES string of the molecule is CCOCCOc1cc(C)ccc1CNC(=NC)NCCCOC(C)C. The van der Waals surface area contributed by atoms with E-state index in [1.807, 2.05) is 20.8 Å². The van der Waals surface area contributed by atoms with Gasteiger partial charge in [0.2, 0.25) is 0 Å². The molecular weight excluding hydrogens is 330 g/mol. The van der Waals surface area contributed by atoms with Crippen LogP contribution >= 0.6 is 0 Å². The molecule has 0 aliphatic rings. The Hall–Kier alpha value is -1.79. The van der Waals surface area contributed by atoms with Gasteiger partial charge in [-0.25, -0.2) is 0 Å². The minimum atomic E-state index is 0.273. The summed E-state index contributed by atoms with van der Waals surface area (Å²) in [6.07, 6.45) is 1.21. The molecule has 0 bridgehead atoms. The highest BCUT2D eigenvalue weighted by atomic mass is 16.5. The van der Waals surface area contributed by atoms with Crippen LogP contribution in [0, 0.1) is 6.92 Å². The fourth-order valence-corrected chi connectivity index (χ4v) is 2.29.